The van der Waals surface area contributed by atoms with Crippen LogP contribution in [0.1, 0.15) is 38.8 Å². The van der Waals surface area contributed by atoms with Crippen molar-refractivity contribution in [2.75, 3.05) is 26.4 Å². The molecular weight excluding hydrogens is 388 g/mol. The first kappa shape index (κ1) is 23.2. The molecule has 4 N–H and O–H groups in total. The Morgan fingerprint density at radius 3 is 1.77 bits per heavy atom. The van der Waals surface area contributed by atoms with Crippen LogP contribution in [0.25, 0.3) is 0 Å². The van der Waals surface area contributed by atoms with Gasteiger partial charge in [-0.05, 0) is 56.2 Å². The molecule has 0 bridgehead atoms. The van der Waals surface area contributed by atoms with E-state index in [9.17, 15) is 19.8 Å². The number of carbonyl (C=O) groups excluding carboxylic acids is 2. The third-order valence-electron chi connectivity index (χ3n) is 4.27. The van der Waals surface area contributed by atoms with Gasteiger partial charge in [0.05, 0.1) is 30.9 Å². The van der Waals surface area contributed by atoms with E-state index in [2.05, 4.69) is 10.6 Å². The maximum Gasteiger partial charge on any atom is 0.256 e. The summed E-state index contributed by atoms with van der Waals surface area (Å²) in [4.78, 5) is 25.2. The van der Waals surface area contributed by atoms with Crippen molar-refractivity contribution in [1.29, 1.82) is 0 Å². The second-order valence-corrected chi connectivity index (χ2v) is 6.81. The van der Waals surface area contributed by atoms with Crippen molar-refractivity contribution >= 4 is 11.8 Å². The second kappa shape index (κ2) is 11.2. The van der Waals surface area contributed by atoms with Crippen molar-refractivity contribution in [3.8, 4) is 11.5 Å². The van der Waals surface area contributed by atoms with Gasteiger partial charge in [0.2, 0.25) is 0 Å². The fraction of sp³-hybridized carbons (Fsp3) is 0.364. The van der Waals surface area contributed by atoms with Crippen LogP contribution in [0.5, 0.6) is 11.5 Å². The SMILES string of the molecule is CCOCCOCC(NC(=O)c1ccc(C)cc1O)NC(=O)c1ccc(C)cc1O. The molecule has 0 spiro atoms. The number of aromatic hydroxyl groups is 2. The number of amides is 2. The summed E-state index contributed by atoms with van der Waals surface area (Å²) in [6.07, 6.45) is -0.895. The Kier molecular flexibility index (Phi) is 8.64. The van der Waals surface area contributed by atoms with Gasteiger partial charge in [0.15, 0.2) is 0 Å². The number of phenols is 2. The first-order valence-corrected chi connectivity index (χ1v) is 9.68. The number of phenolic OH excluding ortho intramolecular Hbond substituents is 2. The predicted octanol–water partition coefficient (Wildman–Crippen LogP) is 2.25. The third kappa shape index (κ3) is 6.75. The van der Waals surface area contributed by atoms with Crippen LogP contribution in [0.15, 0.2) is 36.4 Å². The van der Waals surface area contributed by atoms with Crippen LogP contribution in [0.2, 0.25) is 0 Å². The van der Waals surface area contributed by atoms with E-state index < -0.39 is 18.0 Å². The van der Waals surface area contributed by atoms with E-state index in [-0.39, 0.29) is 35.8 Å². The maximum absolute atomic E-state index is 12.6. The van der Waals surface area contributed by atoms with Gasteiger partial charge in [0.25, 0.3) is 11.8 Å². The van der Waals surface area contributed by atoms with E-state index in [1.165, 1.54) is 24.3 Å². The fourth-order valence-electron chi connectivity index (χ4n) is 2.72. The minimum Gasteiger partial charge on any atom is -0.507 e. The van der Waals surface area contributed by atoms with Crippen molar-refractivity contribution in [3.05, 3.63) is 58.7 Å². The molecule has 0 atom stereocenters. The Morgan fingerprint density at radius 1 is 0.867 bits per heavy atom. The van der Waals surface area contributed by atoms with Crippen LogP contribution in [-0.2, 0) is 9.47 Å². The normalized spacial score (nSPS) is 10.8. The zero-order valence-electron chi connectivity index (χ0n) is 17.4. The number of aryl methyl sites for hydroxylation is 2. The zero-order chi connectivity index (χ0) is 22.1. The van der Waals surface area contributed by atoms with Gasteiger partial charge in [-0.2, -0.15) is 0 Å². The molecule has 2 aromatic carbocycles. The van der Waals surface area contributed by atoms with E-state index in [0.29, 0.717) is 13.2 Å². The van der Waals surface area contributed by atoms with Crippen molar-refractivity contribution < 1.29 is 29.3 Å². The predicted molar refractivity (Wildman–Crippen MR) is 112 cm³/mol. The van der Waals surface area contributed by atoms with E-state index in [0.717, 1.165) is 11.1 Å². The van der Waals surface area contributed by atoms with Gasteiger partial charge in [0.1, 0.15) is 17.7 Å². The van der Waals surface area contributed by atoms with Gasteiger partial charge in [-0.3, -0.25) is 9.59 Å². The largest absolute Gasteiger partial charge is 0.507 e. The average Bonchev–Trinajstić information content (AvgIpc) is 2.67. The van der Waals surface area contributed by atoms with Gasteiger partial charge in [-0.15, -0.1) is 0 Å². The van der Waals surface area contributed by atoms with Gasteiger partial charge in [-0.25, -0.2) is 0 Å². The summed E-state index contributed by atoms with van der Waals surface area (Å²) < 4.78 is 10.7. The fourth-order valence-corrected chi connectivity index (χ4v) is 2.72. The smallest absolute Gasteiger partial charge is 0.256 e. The number of hydrogen-bond acceptors (Lipinski definition) is 6. The van der Waals surface area contributed by atoms with E-state index in [1.54, 1.807) is 26.0 Å². The van der Waals surface area contributed by atoms with Gasteiger partial charge >= 0.3 is 0 Å². The minimum atomic E-state index is -0.895. The Balaban J connectivity index is 2.10. The van der Waals surface area contributed by atoms with Crippen LogP contribution >= 0.6 is 0 Å². The Morgan fingerprint density at radius 2 is 1.33 bits per heavy atom. The van der Waals surface area contributed by atoms with E-state index in [4.69, 9.17) is 9.47 Å². The highest BCUT2D eigenvalue weighted by molar-refractivity contribution is 5.99. The molecule has 8 nitrogen and oxygen atoms in total. The first-order chi connectivity index (χ1) is 14.3. The summed E-state index contributed by atoms with van der Waals surface area (Å²) in [7, 11) is 0. The number of ether oxygens (including phenoxy) is 2. The Hall–Kier alpha value is -3.10. The molecule has 0 fully saturated rings. The summed E-state index contributed by atoms with van der Waals surface area (Å²) >= 11 is 0. The van der Waals surface area contributed by atoms with Gasteiger partial charge < -0.3 is 30.3 Å². The molecule has 0 saturated heterocycles. The molecule has 30 heavy (non-hydrogen) atoms. The molecular formula is C22H28N2O6. The van der Waals surface area contributed by atoms with E-state index in [1.807, 2.05) is 6.92 Å². The molecule has 0 radical (unpaired) electrons. The standard InChI is InChI=1S/C22H28N2O6/c1-4-29-9-10-30-13-20(23-21(27)16-7-5-14(2)11-18(16)25)24-22(28)17-8-6-15(3)12-19(17)26/h5-8,11-12,20,25-26H,4,9-10,13H2,1-3H3,(H,23,27)(H,24,28). The summed E-state index contributed by atoms with van der Waals surface area (Å²) in [6, 6.07) is 9.36. The summed E-state index contributed by atoms with van der Waals surface area (Å²) in [5.41, 5.74) is 1.77. The summed E-state index contributed by atoms with van der Waals surface area (Å²) in [6.45, 7) is 6.65. The number of rotatable bonds is 10. The van der Waals surface area contributed by atoms with Crippen LogP contribution in [0, 0.1) is 13.8 Å². The molecule has 0 aliphatic heterocycles. The van der Waals surface area contributed by atoms with Gasteiger partial charge in [-0.1, -0.05) is 12.1 Å². The molecule has 0 saturated carbocycles. The summed E-state index contributed by atoms with van der Waals surface area (Å²) in [5.74, 6) is -1.46. The van der Waals surface area contributed by atoms with Crippen molar-refractivity contribution in [3.63, 3.8) is 0 Å². The lowest BCUT2D eigenvalue weighted by atomic mass is 10.1. The highest BCUT2D eigenvalue weighted by atomic mass is 16.5. The number of benzene rings is 2. The molecule has 0 aliphatic carbocycles. The molecule has 2 amide bonds. The van der Waals surface area contributed by atoms with Crippen LogP contribution in [0.3, 0.4) is 0 Å². The van der Waals surface area contributed by atoms with Crippen molar-refractivity contribution in [1.82, 2.24) is 10.6 Å². The third-order valence-corrected chi connectivity index (χ3v) is 4.27. The topological polar surface area (TPSA) is 117 Å². The Bertz CT molecular complexity index is 818. The number of hydrogen-bond donors (Lipinski definition) is 4. The van der Waals surface area contributed by atoms with Crippen molar-refractivity contribution in [2.24, 2.45) is 0 Å². The second-order valence-electron chi connectivity index (χ2n) is 6.81. The van der Waals surface area contributed by atoms with Crippen LogP contribution in [-0.4, -0.2) is 54.6 Å². The molecule has 0 aromatic heterocycles. The first-order valence-electron chi connectivity index (χ1n) is 9.68. The van der Waals surface area contributed by atoms with Gasteiger partial charge in [0, 0.05) is 6.61 Å². The van der Waals surface area contributed by atoms with Crippen LogP contribution < -0.4 is 10.6 Å². The quantitative estimate of drug-likeness (QED) is 0.349. The highest BCUT2D eigenvalue weighted by Crippen LogP contribution is 2.19. The van der Waals surface area contributed by atoms with E-state index >= 15 is 0 Å². The van der Waals surface area contributed by atoms with Crippen LogP contribution in [0.4, 0.5) is 0 Å². The summed E-state index contributed by atoms with van der Waals surface area (Å²) in [5, 5.41) is 25.4. The molecule has 8 heteroatoms. The molecule has 162 valence electrons. The Labute approximate surface area is 175 Å². The lowest BCUT2D eigenvalue weighted by Crippen LogP contribution is -2.51. The number of carbonyl (C=O) groups is 2. The molecule has 0 heterocycles. The lowest BCUT2D eigenvalue weighted by molar-refractivity contribution is 0.0376. The molecule has 2 aromatic rings. The zero-order valence-corrected chi connectivity index (χ0v) is 17.4. The minimum absolute atomic E-state index is 0.0240. The molecule has 0 aliphatic rings. The highest BCUT2D eigenvalue weighted by Gasteiger charge is 2.20. The number of nitrogens with one attached hydrogen (secondary N) is 2. The van der Waals surface area contributed by atoms with Crippen molar-refractivity contribution in [2.45, 2.75) is 26.9 Å². The monoisotopic (exact) mass is 416 g/mol. The molecule has 2 rings (SSSR count). The molecule has 0 unspecified atom stereocenters. The maximum atomic E-state index is 12.6. The lowest BCUT2D eigenvalue weighted by Gasteiger charge is -2.21. The average molecular weight is 416 g/mol.